The minimum Gasteiger partial charge on any atom is -0.305 e. The Morgan fingerprint density at radius 2 is 1.97 bits per heavy atom. The number of nitrogens with zero attached hydrogens (tertiary/aromatic N) is 8. The molecule has 168 valence electrons. The standard InChI is InChI=1S/C24H20N8O2/c1-15(2)24-23-20(30-13-18(26-14-30)17-11-27-29(3)12-17)5-4-6-21(23)31(28-24)19-8-7-16(10-25)9-22(19)32(33)34/h4-9,11-15H,1-3H3. The molecule has 5 aromatic rings. The van der Waals surface area contributed by atoms with E-state index in [4.69, 9.17) is 5.10 Å². The molecule has 3 heterocycles. The van der Waals surface area contributed by atoms with Gasteiger partial charge in [-0.25, -0.2) is 9.67 Å². The highest BCUT2D eigenvalue weighted by Crippen LogP contribution is 2.35. The predicted molar refractivity (Wildman–Crippen MR) is 126 cm³/mol. The summed E-state index contributed by atoms with van der Waals surface area (Å²) >= 11 is 0. The Kier molecular flexibility index (Phi) is 4.94. The second-order valence-electron chi connectivity index (χ2n) is 8.26. The number of nitro groups is 1. The number of imidazole rings is 1. The number of hydrogen-bond acceptors (Lipinski definition) is 6. The van der Waals surface area contributed by atoms with E-state index in [0.29, 0.717) is 5.69 Å². The minimum absolute atomic E-state index is 0.0589. The van der Waals surface area contributed by atoms with E-state index in [9.17, 15) is 15.4 Å². The first-order valence-electron chi connectivity index (χ1n) is 10.6. The van der Waals surface area contributed by atoms with E-state index in [2.05, 4.69) is 10.1 Å². The van der Waals surface area contributed by atoms with Crippen LogP contribution in [0, 0.1) is 21.4 Å². The molecule has 0 bridgehead atoms. The van der Waals surface area contributed by atoms with Crippen molar-refractivity contribution in [3.63, 3.8) is 0 Å². The molecule has 0 aliphatic carbocycles. The van der Waals surface area contributed by atoms with Gasteiger partial charge in [0, 0.05) is 36.5 Å². The van der Waals surface area contributed by atoms with Crippen LogP contribution < -0.4 is 0 Å². The quantitative estimate of drug-likeness (QED) is 0.286. The van der Waals surface area contributed by atoms with E-state index in [1.54, 1.807) is 34.0 Å². The third-order valence-corrected chi connectivity index (χ3v) is 5.65. The summed E-state index contributed by atoms with van der Waals surface area (Å²) in [6.07, 6.45) is 7.32. The largest absolute Gasteiger partial charge is 0.305 e. The van der Waals surface area contributed by atoms with Gasteiger partial charge in [-0.1, -0.05) is 19.9 Å². The molecule has 34 heavy (non-hydrogen) atoms. The van der Waals surface area contributed by atoms with Crippen molar-refractivity contribution in [1.82, 2.24) is 29.1 Å². The molecule has 5 rings (SSSR count). The average molecular weight is 452 g/mol. The summed E-state index contributed by atoms with van der Waals surface area (Å²) in [5, 5.41) is 30.9. The zero-order valence-corrected chi connectivity index (χ0v) is 18.7. The fourth-order valence-corrected chi connectivity index (χ4v) is 4.06. The molecule has 0 aliphatic rings. The molecule has 0 radical (unpaired) electrons. The van der Waals surface area contributed by atoms with Crippen LogP contribution in [0.15, 0.2) is 61.3 Å². The molecule has 2 aromatic carbocycles. The van der Waals surface area contributed by atoms with Crippen LogP contribution in [0.2, 0.25) is 0 Å². The summed E-state index contributed by atoms with van der Waals surface area (Å²) in [5.74, 6) is 0.0589. The van der Waals surface area contributed by atoms with E-state index in [-0.39, 0.29) is 17.2 Å². The van der Waals surface area contributed by atoms with Crippen LogP contribution in [0.4, 0.5) is 5.69 Å². The molecule has 0 N–H and O–H groups in total. The van der Waals surface area contributed by atoms with Crippen molar-refractivity contribution in [2.24, 2.45) is 7.05 Å². The summed E-state index contributed by atoms with van der Waals surface area (Å²) in [6, 6.07) is 12.1. The van der Waals surface area contributed by atoms with Gasteiger partial charge in [0.05, 0.1) is 51.7 Å². The number of aryl methyl sites for hydroxylation is 1. The fourth-order valence-electron chi connectivity index (χ4n) is 4.06. The number of benzene rings is 2. The maximum absolute atomic E-state index is 11.8. The number of nitriles is 1. The number of nitro benzene ring substituents is 1. The summed E-state index contributed by atoms with van der Waals surface area (Å²) in [7, 11) is 1.85. The van der Waals surface area contributed by atoms with Crippen LogP contribution in [0.3, 0.4) is 0 Å². The van der Waals surface area contributed by atoms with Gasteiger partial charge < -0.3 is 4.57 Å². The van der Waals surface area contributed by atoms with Gasteiger partial charge in [-0.2, -0.15) is 15.5 Å². The molecular formula is C24H20N8O2. The molecule has 0 atom stereocenters. The van der Waals surface area contributed by atoms with Gasteiger partial charge in [0.25, 0.3) is 5.69 Å². The fraction of sp³-hybridized carbons (Fsp3) is 0.167. The maximum Gasteiger partial charge on any atom is 0.296 e. The van der Waals surface area contributed by atoms with Crippen LogP contribution in [-0.2, 0) is 7.05 Å². The van der Waals surface area contributed by atoms with Gasteiger partial charge >= 0.3 is 0 Å². The highest BCUT2D eigenvalue weighted by Gasteiger charge is 2.23. The second-order valence-corrected chi connectivity index (χ2v) is 8.26. The lowest BCUT2D eigenvalue weighted by Crippen LogP contribution is -2.03. The van der Waals surface area contributed by atoms with E-state index in [1.165, 1.54) is 6.07 Å². The molecule has 0 unspecified atom stereocenters. The van der Waals surface area contributed by atoms with Crippen molar-refractivity contribution in [2.75, 3.05) is 0 Å². The molecule has 0 amide bonds. The topological polar surface area (TPSA) is 120 Å². The van der Waals surface area contributed by atoms with E-state index in [0.717, 1.165) is 33.5 Å². The first kappa shape index (κ1) is 21.1. The number of rotatable bonds is 5. The first-order chi connectivity index (χ1) is 16.4. The zero-order chi connectivity index (χ0) is 24.0. The van der Waals surface area contributed by atoms with E-state index >= 15 is 0 Å². The molecule has 10 heteroatoms. The van der Waals surface area contributed by atoms with Gasteiger partial charge in [-0.3, -0.25) is 14.8 Å². The normalized spacial score (nSPS) is 11.3. The van der Waals surface area contributed by atoms with Crippen molar-refractivity contribution in [2.45, 2.75) is 19.8 Å². The number of fused-ring (bicyclic) bond motifs is 1. The summed E-state index contributed by atoms with van der Waals surface area (Å²) < 4.78 is 5.24. The molecule has 0 saturated heterocycles. The Morgan fingerprint density at radius 1 is 1.15 bits per heavy atom. The highest BCUT2D eigenvalue weighted by atomic mass is 16.6. The van der Waals surface area contributed by atoms with Crippen molar-refractivity contribution in [1.29, 1.82) is 5.26 Å². The molecule has 0 saturated carbocycles. The van der Waals surface area contributed by atoms with E-state index in [1.807, 2.05) is 62.1 Å². The number of aromatic nitrogens is 6. The smallest absolute Gasteiger partial charge is 0.296 e. The molecule has 0 fully saturated rings. The van der Waals surface area contributed by atoms with Gasteiger partial charge in [0.2, 0.25) is 0 Å². The van der Waals surface area contributed by atoms with Crippen LogP contribution >= 0.6 is 0 Å². The second kappa shape index (κ2) is 7.97. The Hall–Kier alpha value is -4.78. The van der Waals surface area contributed by atoms with Crippen molar-refractivity contribution < 1.29 is 4.92 Å². The highest BCUT2D eigenvalue weighted by molar-refractivity contribution is 5.92. The van der Waals surface area contributed by atoms with Gasteiger partial charge in [-0.15, -0.1) is 0 Å². The predicted octanol–water partition coefficient (Wildman–Crippen LogP) is 4.51. The van der Waals surface area contributed by atoms with Gasteiger partial charge in [0.15, 0.2) is 0 Å². The maximum atomic E-state index is 11.8. The summed E-state index contributed by atoms with van der Waals surface area (Å²) in [6.45, 7) is 4.07. The monoisotopic (exact) mass is 452 g/mol. The van der Waals surface area contributed by atoms with Crippen LogP contribution in [0.1, 0.15) is 31.0 Å². The Bertz CT molecular complexity index is 1600. The average Bonchev–Trinajstić information content (AvgIpc) is 3.56. The van der Waals surface area contributed by atoms with Crippen molar-refractivity contribution >= 4 is 16.6 Å². The molecule has 0 spiro atoms. The Morgan fingerprint density at radius 3 is 2.65 bits per heavy atom. The van der Waals surface area contributed by atoms with Crippen LogP contribution in [0.25, 0.3) is 33.5 Å². The SMILES string of the molecule is CC(C)c1nn(-c2ccc(C#N)cc2[N+](=O)[O-])c2cccc(-n3cnc(-c4cnn(C)c4)c3)c12. The third-order valence-electron chi connectivity index (χ3n) is 5.65. The molecular weight excluding hydrogens is 432 g/mol. The Labute approximate surface area is 194 Å². The van der Waals surface area contributed by atoms with Crippen LogP contribution in [0.5, 0.6) is 0 Å². The molecule has 3 aromatic heterocycles. The van der Waals surface area contributed by atoms with Gasteiger partial charge in [0.1, 0.15) is 5.69 Å². The number of hydrogen-bond donors (Lipinski definition) is 0. The third kappa shape index (κ3) is 3.40. The lowest BCUT2D eigenvalue weighted by Gasteiger charge is -2.08. The lowest BCUT2D eigenvalue weighted by molar-refractivity contribution is -0.384. The minimum atomic E-state index is -0.487. The van der Waals surface area contributed by atoms with Crippen LogP contribution in [-0.4, -0.2) is 34.0 Å². The molecule has 0 aliphatic heterocycles. The van der Waals surface area contributed by atoms with Crippen molar-refractivity contribution in [3.05, 3.63) is 82.7 Å². The Balaban J connectivity index is 1.74. The summed E-state index contributed by atoms with van der Waals surface area (Å²) in [4.78, 5) is 15.9. The van der Waals surface area contributed by atoms with E-state index < -0.39 is 4.92 Å². The van der Waals surface area contributed by atoms with Gasteiger partial charge in [-0.05, 0) is 30.2 Å². The summed E-state index contributed by atoms with van der Waals surface area (Å²) in [5.41, 5.74) is 4.44. The van der Waals surface area contributed by atoms with Crippen molar-refractivity contribution in [3.8, 4) is 28.7 Å². The lowest BCUT2D eigenvalue weighted by atomic mass is 10.0. The first-order valence-corrected chi connectivity index (χ1v) is 10.6. The zero-order valence-electron chi connectivity index (χ0n) is 18.7. The molecule has 10 nitrogen and oxygen atoms in total.